The maximum atomic E-state index is 13.0. The molecule has 70 valence electrons. The molecule has 0 fully saturated rings. The number of benzene rings is 1. The summed E-state index contributed by atoms with van der Waals surface area (Å²) in [5, 5.41) is 10.7. The van der Waals surface area contributed by atoms with E-state index in [1.165, 1.54) is 19.2 Å². The molecule has 1 aromatic carbocycles. The molecule has 0 amide bonds. The van der Waals surface area contributed by atoms with Crippen molar-refractivity contribution in [2.45, 2.75) is 0 Å². The van der Waals surface area contributed by atoms with Gasteiger partial charge in [-0.05, 0) is 12.1 Å². The second kappa shape index (κ2) is 3.84. The summed E-state index contributed by atoms with van der Waals surface area (Å²) in [6.07, 6.45) is 0.803. The molecule has 0 saturated carbocycles. The predicted octanol–water partition coefficient (Wildman–Crippen LogP) is 1.78. The van der Waals surface area contributed by atoms with Crippen LogP contribution in [-0.2, 0) is 0 Å². The van der Waals surface area contributed by atoms with Crippen LogP contribution >= 0.6 is 0 Å². The fourth-order valence-corrected chi connectivity index (χ4v) is 0.866. The molecule has 13 heavy (non-hydrogen) atoms. The highest BCUT2D eigenvalue weighted by molar-refractivity contribution is 5.79. The van der Waals surface area contributed by atoms with Crippen molar-refractivity contribution in [3.05, 3.63) is 29.3 Å². The van der Waals surface area contributed by atoms with E-state index >= 15 is 0 Å². The van der Waals surface area contributed by atoms with Gasteiger partial charge in [0.2, 0.25) is 5.82 Å². The van der Waals surface area contributed by atoms with E-state index in [0.717, 1.165) is 6.21 Å². The number of oxime groups is 1. The Morgan fingerprint density at radius 2 is 2.08 bits per heavy atom. The molecule has 0 aliphatic heterocycles. The van der Waals surface area contributed by atoms with E-state index < -0.39 is 11.6 Å². The summed E-state index contributed by atoms with van der Waals surface area (Å²) in [4.78, 5) is 0. The van der Waals surface area contributed by atoms with Gasteiger partial charge in [-0.3, -0.25) is 0 Å². The van der Waals surface area contributed by atoms with Crippen molar-refractivity contribution in [1.82, 2.24) is 0 Å². The summed E-state index contributed by atoms with van der Waals surface area (Å²) < 4.78 is 30.5. The van der Waals surface area contributed by atoms with Gasteiger partial charge in [-0.15, -0.1) is 0 Å². The molecule has 0 unspecified atom stereocenters. The zero-order valence-corrected chi connectivity index (χ0v) is 6.79. The number of nitrogens with zero attached hydrogens (tertiary/aromatic N) is 1. The van der Waals surface area contributed by atoms with Crippen molar-refractivity contribution in [2.75, 3.05) is 7.11 Å². The monoisotopic (exact) mass is 187 g/mol. The summed E-state index contributed by atoms with van der Waals surface area (Å²) in [5.41, 5.74) is -0.138. The third-order valence-corrected chi connectivity index (χ3v) is 1.49. The fraction of sp³-hybridized carbons (Fsp3) is 0.125. The summed E-state index contributed by atoms with van der Waals surface area (Å²) >= 11 is 0. The van der Waals surface area contributed by atoms with Gasteiger partial charge in [0.05, 0.1) is 13.3 Å². The van der Waals surface area contributed by atoms with E-state index in [-0.39, 0.29) is 11.3 Å². The van der Waals surface area contributed by atoms with Crippen LogP contribution in [-0.4, -0.2) is 18.5 Å². The Morgan fingerprint density at radius 3 is 2.62 bits per heavy atom. The van der Waals surface area contributed by atoms with Gasteiger partial charge in [-0.25, -0.2) is 4.39 Å². The molecular formula is C8H7F2NO2. The first-order valence-electron chi connectivity index (χ1n) is 3.40. The molecule has 0 saturated heterocycles. The van der Waals surface area contributed by atoms with Crippen molar-refractivity contribution in [3.63, 3.8) is 0 Å². The summed E-state index contributed by atoms with van der Waals surface area (Å²) in [6.45, 7) is 0. The first-order valence-corrected chi connectivity index (χ1v) is 3.40. The lowest BCUT2D eigenvalue weighted by molar-refractivity contribution is 0.321. The van der Waals surface area contributed by atoms with Crippen LogP contribution in [0, 0.1) is 11.6 Å². The van der Waals surface area contributed by atoms with Gasteiger partial charge < -0.3 is 9.94 Å². The Labute approximate surface area is 73.2 Å². The van der Waals surface area contributed by atoms with Crippen LogP contribution in [0.1, 0.15) is 5.56 Å². The molecule has 5 heteroatoms. The third-order valence-electron chi connectivity index (χ3n) is 1.49. The number of methoxy groups -OCH3 is 1. The molecule has 0 aliphatic carbocycles. The second-order valence-electron chi connectivity index (χ2n) is 2.23. The SMILES string of the molecule is COc1ccc(/C=N\O)c(F)c1F. The van der Waals surface area contributed by atoms with Crippen molar-refractivity contribution >= 4 is 6.21 Å². The molecule has 0 radical (unpaired) electrons. The molecular weight excluding hydrogens is 180 g/mol. The second-order valence-corrected chi connectivity index (χ2v) is 2.23. The van der Waals surface area contributed by atoms with Gasteiger partial charge >= 0.3 is 0 Å². The average Bonchev–Trinajstić information content (AvgIpc) is 2.14. The number of ether oxygens (including phenoxy) is 1. The van der Waals surface area contributed by atoms with Crippen LogP contribution in [0.25, 0.3) is 0 Å². The number of halogens is 2. The van der Waals surface area contributed by atoms with Gasteiger partial charge in [0.1, 0.15) is 0 Å². The van der Waals surface area contributed by atoms with Crippen LogP contribution in [0.4, 0.5) is 8.78 Å². The molecule has 0 bridgehead atoms. The van der Waals surface area contributed by atoms with E-state index in [9.17, 15) is 8.78 Å². The normalized spacial score (nSPS) is 10.7. The lowest BCUT2D eigenvalue weighted by Crippen LogP contribution is -1.96. The van der Waals surface area contributed by atoms with E-state index in [2.05, 4.69) is 9.89 Å². The Hall–Kier alpha value is -1.65. The van der Waals surface area contributed by atoms with E-state index in [0.29, 0.717) is 0 Å². The molecule has 1 rings (SSSR count). The van der Waals surface area contributed by atoms with Gasteiger partial charge in [-0.2, -0.15) is 4.39 Å². The minimum Gasteiger partial charge on any atom is -0.494 e. The van der Waals surface area contributed by atoms with Crippen LogP contribution < -0.4 is 4.74 Å². The molecule has 1 N–H and O–H groups in total. The van der Waals surface area contributed by atoms with E-state index in [1.807, 2.05) is 0 Å². The number of hydrogen-bond donors (Lipinski definition) is 1. The fourth-order valence-electron chi connectivity index (χ4n) is 0.866. The molecule has 0 atom stereocenters. The highest BCUT2D eigenvalue weighted by Gasteiger charge is 2.12. The lowest BCUT2D eigenvalue weighted by atomic mass is 10.2. The largest absolute Gasteiger partial charge is 0.494 e. The molecule has 0 heterocycles. The van der Waals surface area contributed by atoms with Crippen molar-refractivity contribution < 1.29 is 18.7 Å². The van der Waals surface area contributed by atoms with Crippen molar-refractivity contribution in [2.24, 2.45) is 5.16 Å². The quantitative estimate of drug-likeness (QED) is 0.435. The standard InChI is InChI=1S/C8H7F2NO2/c1-13-6-3-2-5(4-11-12)7(9)8(6)10/h2-4,12H,1H3/b11-4-. The minimum absolute atomic E-state index is 0.138. The zero-order valence-electron chi connectivity index (χ0n) is 6.79. The average molecular weight is 187 g/mol. The van der Waals surface area contributed by atoms with Crippen LogP contribution in [0.15, 0.2) is 17.3 Å². The van der Waals surface area contributed by atoms with Gasteiger partial charge in [0.25, 0.3) is 0 Å². The van der Waals surface area contributed by atoms with Crippen LogP contribution in [0.3, 0.4) is 0 Å². The number of hydrogen-bond acceptors (Lipinski definition) is 3. The predicted molar refractivity (Wildman–Crippen MR) is 42.3 cm³/mol. The van der Waals surface area contributed by atoms with Crippen molar-refractivity contribution in [3.8, 4) is 5.75 Å². The zero-order chi connectivity index (χ0) is 9.84. The summed E-state index contributed by atoms with van der Waals surface area (Å²) in [7, 11) is 1.23. The van der Waals surface area contributed by atoms with Crippen molar-refractivity contribution in [1.29, 1.82) is 0 Å². The summed E-state index contributed by atoms with van der Waals surface area (Å²) in [6, 6.07) is 2.49. The van der Waals surface area contributed by atoms with Gasteiger partial charge in [-0.1, -0.05) is 5.16 Å². The van der Waals surface area contributed by atoms with E-state index in [1.54, 1.807) is 0 Å². The number of rotatable bonds is 2. The Morgan fingerprint density at radius 1 is 1.38 bits per heavy atom. The molecule has 1 aromatic rings. The lowest BCUT2D eigenvalue weighted by Gasteiger charge is -2.03. The third kappa shape index (κ3) is 1.74. The molecule has 0 aliphatic rings. The Bertz CT molecular complexity index is 339. The maximum Gasteiger partial charge on any atom is 0.201 e. The summed E-state index contributed by atoms with van der Waals surface area (Å²) in [5.74, 6) is -2.38. The van der Waals surface area contributed by atoms with E-state index in [4.69, 9.17) is 5.21 Å². The van der Waals surface area contributed by atoms with Gasteiger partial charge in [0.15, 0.2) is 11.6 Å². The van der Waals surface area contributed by atoms with Crippen LogP contribution in [0.2, 0.25) is 0 Å². The molecule has 0 spiro atoms. The minimum atomic E-state index is -1.10. The van der Waals surface area contributed by atoms with Crippen LogP contribution in [0.5, 0.6) is 5.75 Å². The smallest absolute Gasteiger partial charge is 0.201 e. The molecule has 3 nitrogen and oxygen atoms in total. The first kappa shape index (κ1) is 9.44. The highest BCUT2D eigenvalue weighted by atomic mass is 19.2. The van der Waals surface area contributed by atoms with Gasteiger partial charge in [0, 0.05) is 5.56 Å². The maximum absolute atomic E-state index is 13.0. The Kier molecular flexibility index (Phi) is 2.79. The molecule has 0 aromatic heterocycles. The highest BCUT2D eigenvalue weighted by Crippen LogP contribution is 2.21. The Balaban J connectivity index is 3.22. The first-order chi connectivity index (χ1) is 6.20. The topological polar surface area (TPSA) is 41.8 Å².